The van der Waals surface area contributed by atoms with Gasteiger partial charge in [-0.2, -0.15) is 0 Å². The third-order valence-electron chi connectivity index (χ3n) is 4.70. The molecule has 0 amide bonds. The van der Waals surface area contributed by atoms with E-state index in [0.717, 1.165) is 51.3 Å². The van der Waals surface area contributed by atoms with Gasteiger partial charge in [-0.15, -0.1) is 0 Å². The van der Waals surface area contributed by atoms with Crippen molar-refractivity contribution in [2.45, 2.75) is 40.0 Å². The highest BCUT2D eigenvalue weighted by Crippen LogP contribution is 2.34. The average Bonchev–Trinajstić information content (AvgIpc) is 2.87. The van der Waals surface area contributed by atoms with E-state index < -0.39 is 0 Å². The monoisotopic (exact) mass is 291 g/mol. The van der Waals surface area contributed by atoms with E-state index in [1.54, 1.807) is 0 Å². The van der Waals surface area contributed by atoms with Crippen molar-refractivity contribution in [3.05, 3.63) is 29.3 Å². The van der Waals surface area contributed by atoms with Gasteiger partial charge >= 0.3 is 0 Å². The van der Waals surface area contributed by atoms with Gasteiger partial charge in [0.15, 0.2) is 0 Å². The van der Waals surface area contributed by atoms with Crippen LogP contribution in [0.1, 0.15) is 37.3 Å². The lowest BCUT2D eigenvalue weighted by molar-refractivity contribution is 0.115. The molecule has 21 heavy (non-hydrogen) atoms. The van der Waals surface area contributed by atoms with E-state index in [9.17, 15) is 5.11 Å². The zero-order valence-electron chi connectivity index (χ0n) is 13.7. The topological polar surface area (TPSA) is 32.7 Å². The summed E-state index contributed by atoms with van der Waals surface area (Å²) >= 11 is 0. The lowest BCUT2D eigenvalue weighted by atomic mass is 9.83. The van der Waals surface area contributed by atoms with E-state index >= 15 is 0 Å². The smallest absolute Gasteiger partial charge is 0.125 e. The summed E-state index contributed by atoms with van der Waals surface area (Å²) < 4.78 is 5.99. The zero-order chi connectivity index (χ0) is 15.3. The summed E-state index contributed by atoms with van der Waals surface area (Å²) in [5.41, 5.74) is 2.53. The lowest BCUT2D eigenvalue weighted by Crippen LogP contribution is -2.32. The van der Waals surface area contributed by atoms with E-state index in [-0.39, 0.29) is 5.41 Å². The van der Waals surface area contributed by atoms with Crippen LogP contribution < -0.4 is 4.74 Å². The van der Waals surface area contributed by atoms with Crippen LogP contribution in [-0.2, 0) is 0 Å². The first-order valence-electron chi connectivity index (χ1n) is 8.12. The molecule has 1 aliphatic heterocycles. The highest BCUT2D eigenvalue weighted by atomic mass is 16.5. The number of rotatable bonds is 7. The van der Waals surface area contributed by atoms with Crippen molar-refractivity contribution in [1.29, 1.82) is 0 Å². The fourth-order valence-electron chi connectivity index (χ4n) is 3.46. The van der Waals surface area contributed by atoms with E-state index in [2.05, 4.69) is 43.9 Å². The molecule has 1 aliphatic rings. The van der Waals surface area contributed by atoms with Crippen LogP contribution >= 0.6 is 0 Å². The second-order valence-electron chi connectivity index (χ2n) is 6.50. The molecule has 1 saturated heterocycles. The fraction of sp³-hybridized carbons (Fsp3) is 0.667. The summed E-state index contributed by atoms with van der Waals surface area (Å²) in [6.07, 6.45) is 3.38. The first kappa shape index (κ1) is 16.3. The first-order valence-corrected chi connectivity index (χ1v) is 8.12. The number of hydrogen-bond acceptors (Lipinski definition) is 3. The van der Waals surface area contributed by atoms with Gasteiger partial charge in [-0.05, 0) is 44.4 Å². The maximum atomic E-state index is 9.68. The van der Waals surface area contributed by atoms with Crippen molar-refractivity contribution in [2.75, 3.05) is 32.8 Å². The Morgan fingerprint density at radius 2 is 2.00 bits per heavy atom. The number of para-hydroxylation sites is 1. The quantitative estimate of drug-likeness (QED) is 0.837. The molecule has 1 fully saturated rings. The average molecular weight is 291 g/mol. The van der Waals surface area contributed by atoms with Crippen LogP contribution in [-0.4, -0.2) is 42.9 Å². The Labute approximate surface area is 128 Å². The van der Waals surface area contributed by atoms with Gasteiger partial charge in [0.2, 0.25) is 0 Å². The molecule has 1 heterocycles. The molecule has 0 aliphatic carbocycles. The first-order chi connectivity index (χ1) is 10.1. The summed E-state index contributed by atoms with van der Waals surface area (Å²) in [6, 6.07) is 6.25. The molecule has 3 nitrogen and oxygen atoms in total. The maximum absolute atomic E-state index is 9.68. The highest BCUT2D eigenvalue weighted by Gasteiger charge is 2.36. The Balaban J connectivity index is 1.82. The Morgan fingerprint density at radius 1 is 1.29 bits per heavy atom. The van der Waals surface area contributed by atoms with Gasteiger partial charge in [0.25, 0.3) is 0 Å². The standard InChI is InChI=1S/C18H29NO2/c1-4-8-18(14-20)9-10-19(13-18)11-12-21-17-15(2)6-5-7-16(17)3/h5-7,20H,4,8-14H2,1-3H3. The van der Waals surface area contributed by atoms with Crippen LogP contribution in [0.15, 0.2) is 18.2 Å². The van der Waals surface area contributed by atoms with Gasteiger partial charge < -0.3 is 9.84 Å². The highest BCUT2D eigenvalue weighted by molar-refractivity contribution is 5.39. The number of hydrogen-bond donors (Lipinski definition) is 1. The molecule has 0 aromatic heterocycles. The lowest BCUT2D eigenvalue weighted by Gasteiger charge is -2.26. The normalized spacial score (nSPS) is 22.7. The molecule has 118 valence electrons. The second-order valence-corrected chi connectivity index (χ2v) is 6.50. The van der Waals surface area contributed by atoms with Crippen LogP contribution in [0.25, 0.3) is 0 Å². The molecule has 3 heteroatoms. The van der Waals surface area contributed by atoms with Gasteiger partial charge in [0.05, 0.1) is 0 Å². The van der Waals surface area contributed by atoms with E-state index in [4.69, 9.17) is 4.74 Å². The molecular weight excluding hydrogens is 262 g/mol. The summed E-state index contributed by atoms with van der Waals surface area (Å²) in [6.45, 7) is 10.5. The summed E-state index contributed by atoms with van der Waals surface area (Å²) in [7, 11) is 0. The summed E-state index contributed by atoms with van der Waals surface area (Å²) in [5, 5.41) is 9.68. The van der Waals surface area contributed by atoms with Crippen molar-refractivity contribution in [3.8, 4) is 5.75 Å². The fourth-order valence-corrected chi connectivity index (χ4v) is 3.46. The SMILES string of the molecule is CCCC1(CO)CCN(CCOc2c(C)cccc2C)C1. The number of aliphatic hydroxyl groups is 1. The summed E-state index contributed by atoms with van der Waals surface area (Å²) in [4.78, 5) is 2.43. The number of nitrogens with zero attached hydrogens (tertiary/aromatic N) is 1. The molecule has 1 atom stereocenters. The molecule has 1 unspecified atom stereocenters. The van der Waals surface area contributed by atoms with E-state index in [1.165, 1.54) is 11.1 Å². The van der Waals surface area contributed by atoms with E-state index in [1.807, 2.05) is 0 Å². The van der Waals surface area contributed by atoms with Gasteiger partial charge in [-0.3, -0.25) is 4.90 Å². The summed E-state index contributed by atoms with van der Waals surface area (Å²) in [5.74, 6) is 1.03. The number of ether oxygens (including phenoxy) is 1. The van der Waals surface area contributed by atoms with Crippen molar-refractivity contribution in [2.24, 2.45) is 5.41 Å². The number of benzene rings is 1. The number of aliphatic hydroxyl groups excluding tert-OH is 1. The molecule has 0 saturated carbocycles. The minimum absolute atomic E-state index is 0.132. The van der Waals surface area contributed by atoms with Gasteiger partial charge in [0, 0.05) is 25.1 Å². The molecule has 1 aromatic rings. The molecule has 1 N–H and O–H groups in total. The van der Waals surface area contributed by atoms with Crippen molar-refractivity contribution in [1.82, 2.24) is 4.90 Å². The second kappa shape index (κ2) is 7.28. The van der Waals surface area contributed by atoms with Crippen LogP contribution in [0.5, 0.6) is 5.75 Å². The van der Waals surface area contributed by atoms with Crippen LogP contribution in [0.2, 0.25) is 0 Å². The van der Waals surface area contributed by atoms with Crippen molar-refractivity contribution < 1.29 is 9.84 Å². The maximum Gasteiger partial charge on any atom is 0.125 e. The largest absolute Gasteiger partial charge is 0.492 e. The Hall–Kier alpha value is -1.06. The minimum Gasteiger partial charge on any atom is -0.492 e. The number of aryl methyl sites for hydroxylation is 2. The van der Waals surface area contributed by atoms with Crippen molar-refractivity contribution >= 4 is 0 Å². The molecule has 0 bridgehead atoms. The Bertz CT molecular complexity index is 440. The molecule has 2 rings (SSSR count). The van der Waals surface area contributed by atoms with Crippen molar-refractivity contribution in [3.63, 3.8) is 0 Å². The number of likely N-dealkylation sites (tertiary alicyclic amines) is 1. The molecular formula is C18H29NO2. The van der Waals surface area contributed by atoms with Gasteiger partial charge in [-0.1, -0.05) is 31.5 Å². The Morgan fingerprint density at radius 3 is 2.62 bits per heavy atom. The van der Waals surface area contributed by atoms with Gasteiger partial charge in [-0.25, -0.2) is 0 Å². The van der Waals surface area contributed by atoms with Crippen LogP contribution in [0.4, 0.5) is 0 Å². The zero-order valence-corrected chi connectivity index (χ0v) is 13.7. The van der Waals surface area contributed by atoms with Crippen LogP contribution in [0.3, 0.4) is 0 Å². The predicted octanol–water partition coefficient (Wildman–Crippen LogP) is 3.17. The van der Waals surface area contributed by atoms with E-state index in [0.29, 0.717) is 6.61 Å². The van der Waals surface area contributed by atoms with Crippen LogP contribution in [0, 0.1) is 19.3 Å². The molecule has 1 aromatic carbocycles. The van der Waals surface area contributed by atoms with Gasteiger partial charge in [0.1, 0.15) is 12.4 Å². The third-order valence-corrected chi connectivity index (χ3v) is 4.70. The Kier molecular flexibility index (Phi) is 5.65. The molecule has 0 radical (unpaired) electrons. The molecule has 0 spiro atoms. The predicted molar refractivity (Wildman–Crippen MR) is 86.9 cm³/mol. The third kappa shape index (κ3) is 3.98. The minimum atomic E-state index is 0.132.